The predicted molar refractivity (Wildman–Crippen MR) is 105 cm³/mol. The van der Waals surface area contributed by atoms with Gasteiger partial charge >= 0.3 is 0 Å². The molecule has 0 aliphatic carbocycles. The number of anilines is 1. The molecule has 0 saturated carbocycles. The van der Waals surface area contributed by atoms with Gasteiger partial charge < -0.3 is 29.2 Å². The number of benzene rings is 2. The molecule has 28 heavy (non-hydrogen) atoms. The number of hydrogen-bond acceptors (Lipinski definition) is 6. The molecule has 7 nitrogen and oxygen atoms in total. The third kappa shape index (κ3) is 3.55. The van der Waals surface area contributed by atoms with E-state index in [1.807, 2.05) is 7.05 Å². The van der Waals surface area contributed by atoms with E-state index in [0.717, 1.165) is 24.1 Å². The quantitative estimate of drug-likeness (QED) is 0.826. The van der Waals surface area contributed by atoms with Gasteiger partial charge in [-0.3, -0.25) is 4.79 Å². The Morgan fingerprint density at radius 2 is 1.96 bits per heavy atom. The molecule has 0 aromatic heterocycles. The molecule has 0 unspecified atom stereocenters. The second-order valence-electron chi connectivity index (χ2n) is 6.71. The largest absolute Gasteiger partial charge is 0.492 e. The number of likely N-dealkylation sites (N-methyl/N-ethyl adjacent to an activating group) is 1. The Morgan fingerprint density at radius 3 is 2.71 bits per heavy atom. The average Bonchev–Trinajstić information content (AvgIpc) is 3.17. The van der Waals surface area contributed by atoms with Gasteiger partial charge in [-0.15, -0.1) is 0 Å². The van der Waals surface area contributed by atoms with Gasteiger partial charge in [-0.2, -0.15) is 0 Å². The minimum absolute atomic E-state index is 0.0918. The van der Waals surface area contributed by atoms with Gasteiger partial charge in [0.25, 0.3) is 5.91 Å². The molecule has 148 valence electrons. The number of ether oxygens (including phenoxy) is 4. The van der Waals surface area contributed by atoms with Crippen LogP contribution in [0.3, 0.4) is 0 Å². The van der Waals surface area contributed by atoms with Crippen molar-refractivity contribution in [1.82, 2.24) is 4.90 Å². The molecule has 8 heteroatoms. The highest BCUT2D eigenvalue weighted by Gasteiger charge is 2.33. The first kappa shape index (κ1) is 18.7. The van der Waals surface area contributed by atoms with Crippen LogP contribution in [0.4, 0.5) is 5.69 Å². The molecule has 1 N–H and O–H groups in total. The van der Waals surface area contributed by atoms with E-state index < -0.39 is 0 Å². The van der Waals surface area contributed by atoms with E-state index in [9.17, 15) is 4.79 Å². The highest BCUT2D eigenvalue weighted by molar-refractivity contribution is 6.30. The number of amides is 1. The molecule has 4 rings (SSSR count). The van der Waals surface area contributed by atoms with E-state index in [0.29, 0.717) is 40.3 Å². The number of methoxy groups -OCH3 is 1. The van der Waals surface area contributed by atoms with Crippen LogP contribution in [0, 0.1) is 0 Å². The van der Waals surface area contributed by atoms with E-state index in [2.05, 4.69) is 10.2 Å². The number of nitrogens with zero attached hydrogens (tertiary/aromatic N) is 1. The van der Waals surface area contributed by atoms with Gasteiger partial charge in [-0.25, -0.2) is 0 Å². The zero-order valence-electron chi connectivity index (χ0n) is 15.7. The monoisotopic (exact) mass is 404 g/mol. The van der Waals surface area contributed by atoms with E-state index in [1.165, 1.54) is 0 Å². The van der Waals surface area contributed by atoms with Gasteiger partial charge in [-0.1, -0.05) is 11.6 Å². The first-order chi connectivity index (χ1) is 13.6. The number of carbonyl (C=O) groups excluding carboxylic acids is 1. The van der Waals surface area contributed by atoms with Gasteiger partial charge in [0.15, 0.2) is 18.1 Å². The fourth-order valence-corrected chi connectivity index (χ4v) is 3.62. The van der Waals surface area contributed by atoms with Gasteiger partial charge in [0, 0.05) is 23.7 Å². The average molecular weight is 405 g/mol. The second-order valence-corrected chi connectivity index (χ2v) is 7.15. The number of hydrogen-bond donors (Lipinski definition) is 1. The molecule has 0 atom stereocenters. The van der Waals surface area contributed by atoms with Crippen molar-refractivity contribution in [3.63, 3.8) is 0 Å². The van der Waals surface area contributed by atoms with Crippen molar-refractivity contribution in [2.45, 2.75) is 13.0 Å². The molecule has 0 bridgehead atoms. The first-order valence-corrected chi connectivity index (χ1v) is 9.32. The zero-order valence-corrected chi connectivity index (χ0v) is 16.5. The SMILES string of the molecule is COc1c2c(c(NC(=O)COc3ccc(Cl)cc3)c3c1OCO3)CCN(C)C2. The van der Waals surface area contributed by atoms with E-state index in [4.69, 9.17) is 30.5 Å². The Morgan fingerprint density at radius 1 is 1.21 bits per heavy atom. The fraction of sp³-hybridized carbons (Fsp3) is 0.350. The van der Waals surface area contributed by atoms with Crippen molar-refractivity contribution in [1.29, 1.82) is 0 Å². The van der Waals surface area contributed by atoms with Crippen LogP contribution in [0.1, 0.15) is 11.1 Å². The summed E-state index contributed by atoms with van der Waals surface area (Å²) in [4.78, 5) is 14.8. The summed E-state index contributed by atoms with van der Waals surface area (Å²) in [6, 6.07) is 6.86. The summed E-state index contributed by atoms with van der Waals surface area (Å²) in [5, 5.41) is 3.56. The Balaban J connectivity index is 1.59. The summed E-state index contributed by atoms with van der Waals surface area (Å²) < 4.78 is 22.4. The number of rotatable bonds is 5. The van der Waals surface area contributed by atoms with E-state index in [1.54, 1.807) is 31.4 Å². The Hall–Kier alpha value is -2.64. The summed E-state index contributed by atoms with van der Waals surface area (Å²) in [5.41, 5.74) is 2.66. The molecule has 0 saturated heterocycles. The fourth-order valence-electron chi connectivity index (χ4n) is 3.49. The Kier molecular flexibility index (Phi) is 5.19. The smallest absolute Gasteiger partial charge is 0.262 e. The van der Waals surface area contributed by atoms with Crippen LogP contribution >= 0.6 is 11.6 Å². The molecule has 1 amide bonds. The molecule has 2 aliphatic rings. The van der Waals surface area contributed by atoms with Crippen LogP contribution in [0.2, 0.25) is 5.02 Å². The molecule has 0 radical (unpaired) electrons. The van der Waals surface area contributed by atoms with Crippen molar-refractivity contribution in [3.05, 3.63) is 40.4 Å². The predicted octanol–water partition coefficient (Wildman–Crippen LogP) is 3.08. The van der Waals surface area contributed by atoms with Crippen LogP contribution in [-0.4, -0.2) is 44.9 Å². The zero-order chi connectivity index (χ0) is 19.7. The van der Waals surface area contributed by atoms with E-state index in [-0.39, 0.29) is 19.3 Å². The summed E-state index contributed by atoms with van der Waals surface area (Å²) in [6.07, 6.45) is 0.770. The Labute approximate surface area is 168 Å². The Bertz CT molecular complexity index is 901. The standard InChI is InChI=1S/C20H21ClN2O5/c1-23-8-7-14-15(9-23)18(25-2)20-19(27-11-28-20)17(14)22-16(24)10-26-13-5-3-12(21)4-6-13/h3-6H,7-11H2,1-2H3,(H,22,24). The molecule has 0 fully saturated rings. The van der Waals surface area contributed by atoms with Crippen LogP contribution in [0.15, 0.2) is 24.3 Å². The number of fused-ring (bicyclic) bond motifs is 2. The molecular weight excluding hydrogens is 384 g/mol. The van der Waals surface area contributed by atoms with Gasteiger partial charge in [0.2, 0.25) is 12.5 Å². The van der Waals surface area contributed by atoms with Crippen molar-refractivity contribution in [2.24, 2.45) is 0 Å². The minimum atomic E-state index is -0.279. The third-order valence-corrected chi connectivity index (χ3v) is 5.06. The van der Waals surface area contributed by atoms with Crippen molar-refractivity contribution < 1.29 is 23.7 Å². The molecule has 2 heterocycles. The van der Waals surface area contributed by atoms with Gasteiger partial charge in [-0.05, 0) is 43.3 Å². The first-order valence-electron chi connectivity index (χ1n) is 8.95. The van der Waals surface area contributed by atoms with E-state index >= 15 is 0 Å². The second kappa shape index (κ2) is 7.77. The number of carbonyl (C=O) groups is 1. The van der Waals surface area contributed by atoms with Gasteiger partial charge in [0.1, 0.15) is 5.75 Å². The maximum atomic E-state index is 12.6. The van der Waals surface area contributed by atoms with Crippen LogP contribution in [0.25, 0.3) is 0 Å². The highest BCUT2D eigenvalue weighted by Crippen LogP contribution is 2.52. The highest BCUT2D eigenvalue weighted by atomic mass is 35.5. The maximum Gasteiger partial charge on any atom is 0.262 e. The minimum Gasteiger partial charge on any atom is -0.492 e. The topological polar surface area (TPSA) is 69.3 Å². The van der Waals surface area contributed by atoms with Crippen LogP contribution in [-0.2, 0) is 17.8 Å². The van der Waals surface area contributed by atoms with Crippen LogP contribution < -0.4 is 24.3 Å². The number of nitrogens with one attached hydrogen (secondary N) is 1. The number of halogens is 1. The van der Waals surface area contributed by atoms with Crippen LogP contribution in [0.5, 0.6) is 23.0 Å². The molecular formula is C20H21ClN2O5. The molecule has 0 spiro atoms. The maximum absolute atomic E-state index is 12.6. The molecule has 2 aromatic rings. The summed E-state index contributed by atoms with van der Waals surface area (Å²) in [7, 11) is 3.66. The lowest BCUT2D eigenvalue weighted by Crippen LogP contribution is -2.29. The summed E-state index contributed by atoms with van der Waals surface area (Å²) in [6.45, 7) is 1.55. The summed E-state index contributed by atoms with van der Waals surface area (Å²) >= 11 is 5.86. The normalized spacial score (nSPS) is 15.1. The molecule has 2 aliphatic heterocycles. The van der Waals surface area contributed by atoms with Crippen molar-refractivity contribution in [3.8, 4) is 23.0 Å². The lowest BCUT2D eigenvalue weighted by atomic mass is 9.95. The van der Waals surface area contributed by atoms with Crippen molar-refractivity contribution >= 4 is 23.2 Å². The lowest BCUT2D eigenvalue weighted by molar-refractivity contribution is -0.118. The molecule has 2 aromatic carbocycles. The van der Waals surface area contributed by atoms with Crippen molar-refractivity contribution in [2.75, 3.05) is 39.4 Å². The third-order valence-electron chi connectivity index (χ3n) is 4.81. The lowest BCUT2D eigenvalue weighted by Gasteiger charge is -2.29. The van der Waals surface area contributed by atoms with Gasteiger partial charge in [0.05, 0.1) is 12.8 Å². The summed E-state index contributed by atoms with van der Waals surface area (Å²) in [5.74, 6) is 2.01.